The van der Waals surface area contributed by atoms with E-state index in [4.69, 9.17) is 0 Å². The minimum absolute atomic E-state index is 0. The Kier molecular flexibility index (Phi) is 5.78. The summed E-state index contributed by atoms with van der Waals surface area (Å²) in [5.41, 5.74) is 1.65. The number of piperazine rings is 1. The Labute approximate surface area is 137 Å². The summed E-state index contributed by atoms with van der Waals surface area (Å²) in [6, 6.07) is 7.03. The highest BCUT2D eigenvalue weighted by Gasteiger charge is 2.39. The van der Waals surface area contributed by atoms with Gasteiger partial charge in [0.25, 0.3) is 5.69 Å². The first-order chi connectivity index (χ1) is 10.2. The molecule has 0 bridgehead atoms. The van der Waals surface area contributed by atoms with Gasteiger partial charge in [-0.1, -0.05) is 31.4 Å². The van der Waals surface area contributed by atoms with E-state index in [0.717, 1.165) is 26.2 Å². The van der Waals surface area contributed by atoms with Crippen LogP contribution < -0.4 is 5.32 Å². The second-order valence-electron chi connectivity index (χ2n) is 6.31. The molecule has 1 aliphatic heterocycles. The molecule has 3 rings (SSSR count). The lowest BCUT2D eigenvalue weighted by atomic mass is 9.79. The van der Waals surface area contributed by atoms with E-state index in [9.17, 15) is 10.1 Å². The zero-order valence-corrected chi connectivity index (χ0v) is 13.6. The third kappa shape index (κ3) is 3.59. The molecule has 1 spiro atoms. The topological polar surface area (TPSA) is 58.4 Å². The Morgan fingerprint density at radius 2 is 1.86 bits per heavy atom. The van der Waals surface area contributed by atoms with Gasteiger partial charge in [0.2, 0.25) is 0 Å². The molecule has 22 heavy (non-hydrogen) atoms. The van der Waals surface area contributed by atoms with Crippen LogP contribution in [0.15, 0.2) is 24.3 Å². The van der Waals surface area contributed by atoms with Crippen LogP contribution in [0, 0.1) is 10.1 Å². The van der Waals surface area contributed by atoms with E-state index in [2.05, 4.69) is 10.2 Å². The van der Waals surface area contributed by atoms with Crippen LogP contribution in [0.1, 0.15) is 37.7 Å². The molecule has 1 saturated carbocycles. The van der Waals surface area contributed by atoms with Crippen LogP contribution in [0.2, 0.25) is 0 Å². The molecule has 6 heteroatoms. The second kappa shape index (κ2) is 7.40. The first kappa shape index (κ1) is 17.2. The van der Waals surface area contributed by atoms with E-state index in [1.165, 1.54) is 37.7 Å². The van der Waals surface area contributed by atoms with Gasteiger partial charge in [-0.2, -0.15) is 0 Å². The molecule has 0 amide bonds. The molecular formula is C16H24ClN3O2. The molecule has 2 aliphatic rings. The number of nitro groups is 1. The van der Waals surface area contributed by atoms with Gasteiger partial charge in [-0.05, 0) is 18.4 Å². The Morgan fingerprint density at radius 1 is 1.18 bits per heavy atom. The lowest BCUT2D eigenvalue weighted by Gasteiger charge is -2.50. The summed E-state index contributed by atoms with van der Waals surface area (Å²) in [5.74, 6) is 0. The van der Waals surface area contributed by atoms with Crippen molar-refractivity contribution in [3.63, 3.8) is 0 Å². The maximum Gasteiger partial charge on any atom is 0.269 e. The smallest absolute Gasteiger partial charge is 0.269 e. The van der Waals surface area contributed by atoms with Crippen molar-refractivity contribution in [3.05, 3.63) is 39.9 Å². The predicted octanol–water partition coefficient (Wildman–Crippen LogP) is 3.12. The Balaban J connectivity index is 0.00000176. The lowest BCUT2D eigenvalue weighted by Crippen LogP contribution is -2.61. The maximum absolute atomic E-state index is 10.7. The molecule has 122 valence electrons. The van der Waals surface area contributed by atoms with Gasteiger partial charge in [0.05, 0.1) is 4.92 Å². The molecule has 5 nitrogen and oxygen atoms in total. The summed E-state index contributed by atoms with van der Waals surface area (Å²) in [6.45, 7) is 4.09. The van der Waals surface area contributed by atoms with E-state index in [1.807, 2.05) is 12.1 Å². The monoisotopic (exact) mass is 325 g/mol. The standard InChI is InChI=1S/C16H23N3O2.ClH/c20-19(21)15-6-4-14(5-7-15)12-18-11-10-17-13-16(18)8-2-1-3-9-16;/h4-7,17H,1-3,8-13H2;1H. The molecule has 1 aromatic rings. The molecule has 1 aliphatic carbocycles. The van der Waals surface area contributed by atoms with Crippen molar-refractivity contribution in [2.24, 2.45) is 0 Å². The molecule has 1 saturated heterocycles. The minimum Gasteiger partial charge on any atom is -0.314 e. The van der Waals surface area contributed by atoms with Crippen LogP contribution in [-0.2, 0) is 6.54 Å². The minimum atomic E-state index is -0.336. The van der Waals surface area contributed by atoms with Gasteiger partial charge in [0, 0.05) is 43.9 Å². The molecule has 1 N–H and O–H groups in total. The van der Waals surface area contributed by atoms with E-state index in [1.54, 1.807) is 12.1 Å². The normalized spacial score (nSPS) is 21.3. The number of non-ortho nitro benzene ring substituents is 1. The van der Waals surface area contributed by atoms with Gasteiger partial charge in [0.1, 0.15) is 0 Å². The number of halogens is 1. The molecule has 0 unspecified atom stereocenters. The van der Waals surface area contributed by atoms with E-state index in [-0.39, 0.29) is 23.0 Å². The average molecular weight is 326 g/mol. The van der Waals surface area contributed by atoms with Crippen LogP contribution in [0.3, 0.4) is 0 Å². The second-order valence-corrected chi connectivity index (χ2v) is 6.31. The van der Waals surface area contributed by atoms with Gasteiger partial charge >= 0.3 is 0 Å². The fourth-order valence-corrected chi connectivity index (χ4v) is 3.78. The molecule has 2 fully saturated rings. The average Bonchev–Trinajstić information content (AvgIpc) is 2.51. The van der Waals surface area contributed by atoms with Gasteiger partial charge in [-0.25, -0.2) is 0 Å². The molecule has 1 aromatic carbocycles. The Morgan fingerprint density at radius 3 is 2.50 bits per heavy atom. The SMILES string of the molecule is Cl.O=[N+]([O-])c1ccc(CN2CCNCC23CCCCC3)cc1. The number of hydrogen-bond donors (Lipinski definition) is 1. The summed E-state index contributed by atoms with van der Waals surface area (Å²) >= 11 is 0. The highest BCUT2D eigenvalue weighted by atomic mass is 35.5. The highest BCUT2D eigenvalue weighted by molar-refractivity contribution is 5.85. The van der Waals surface area contributed by atoms with Gasteiger partial charge in [-0.3, -0.25) is 15.0 Å². The number of nitrogens with zero attached hydrogens (tertiary/aromatic N) is 2. The third-order valence-electron chi connectivity index (χ3n) is 4.99. The van der Waals surface area contributed by atoms with Gasteiger partial charge in [0.15, 0.2) is 0 Å². The lowest BCUT2D eigenvalue weighted by molar-refractivity contribution is -0.384. The van der Waals surface area contributed by atoms with E-state index in [0.29, 0.717) is 5.54 Å². The van der Waals surface area contributed by atoms with Crippen molar-refractivity contribution < 1.29 is 4.92 Å². The maximum atomic E-state index is 10.7. The predicted molar refractivity (Wildman–Crippen MR) is 89.4 cm³/mol. The molecule has 1 heterocycles. The fourth-order valence-electron chi connectivity index (χ4n) is 3.78. The van der Waals surface area contributed by atoms with E-state index >= 15 is 0 Å². The van der Waals surface area contributed by atoms with Crippen molar-refractivity contribution in [1.82, 2.24) is 10.2 Å². The first-order valence-electron chi connectivity index (χ1n) is 7.89. The van der Waals surface area contributed by atoms with Crippen LogP contribution in [-0.4, -0.2) is 35.0 Å². The highest BCUT2D eigenvalue weighted by Crippen LogP contribution is 2.35. The van der Waals surface area contributed by atoms with E-state index < -0.39 is 0 Å². The van der Waals surface area contributed by atoms with Crippen molar-refractivity contribution in [1.29, 1.82) is 0 Å². The number of rotatable bonds is 3. The number of benzene rings is 1. The van der Waals surface area contributed by atoms with Crippen LogP contribution in [0.5, 0.6) is 0 Å². The summed E-state index contributed by atoms with van der Waals surface area (Å²) in [7, 11) is 0. The van der Waals surface area contributed by atoms with Gasteiger partial charge in [-0.15, -0.1) is 12.4 Å². The fraction of sp³-hybridized carbons (Fsp3) is 0.625. The molecular weight excluding hydrogens is 302 g/mol. The molecule has 0 radical (unpaired) electrons. The van der Waals surface area contributed by atoms with Crippen molar-refractivity contribution in [3.8, 4) is 0 Å². The zero-order valence-electron chi connectivity index (χ0n) is 12.8. The number of hydrogen-bond acceptors (Lipinski definition) is 4. The first-order valence-corrected chi connectivity index (χ1v) is 7.89. The largest absolute Gasteiger partial charge is 0.314 e. The summed E-state index contributed by atoms with van der Waals surface area (Å²) in [4.78, 5) is 13.0. The van der Waals surface area contributed by atoms with Gasteiger partial charge < -0.3 is 5.32 Å². The van der Waals surface area contributed by atoms with Crippen molar-refractivity contribution in [2.75, 3.05) is 19.6 Å². The third-order valence-corrected chi connectivity index (χ3v) is 4.99. The summed E-state index contributed by atoms with van der Waals surface area (Å²) < 4.78 is 0. The van der Waals surface area contributed by atoms with Crippen LogP contribution in [0.4, 0.5) is 5.69 Å². The summed E-state index contributed by atoms with van der Waals surface area (Å²) in [5, 5.41) is 14.3. The molecule has 0 atom stereocenters. The quantitative estimate of drug-likeness (QED) is 0.685. The molecule has 0 aromatic heterocycles. The summed E-state index contributed by atoms with van der Waals surface area (Å²) in [6.07, 6.45) is 6.53. The van der Waals surface area contributed by atoms with Crippen molar-refractivity contribution in [2.45, 2.75) is 44.2 Å². The number of nitro benzene ring substituents is 1. The Hall–Kier alpha value is -1.17. The van der Waals surface area contributed by atoms with Crippen molar-refractivity contribution >= 4 is 18.1 Å². The van der Waals surface area contributed by atoms with Crippen LogP contribution >= 0.6 is 12.4 Å². The zero-order chi connectivity index (χ0) is 14.7. The number of nitrogens with one attached hydrogen (secondary N) is 1. The Bertz CT molecular complexity index is 492. The van der Waals surface area contributed by atoms with Crippen LogP contribution in [0.25, 0.3) is 0 Å².